The third-order valence-corrected chi connectivity index (χ3v) is 8.25. The van der Waals surface area contributed by atoms with Crippen LogP contribution in [0.4, 0.5) is 5.69 Å². The van der Waals surface area contributed by atoms with Gasteiger partial charge in [-0.05, 0) is 75.6 Å². The predicted molar refractivity (Wildman–Crippen MR) is 177 cm³/mol. The van der Waals surface area contributed by atoms with Crippen molar-refractivity contribution >= 4 is 35.3 Å². The van der Waals surface area contributed by atoms with Gasteiger partial charge in [0.1, 0.15) is 35.1 Å². The second-order valence-corrected chi connectivity index (χ2v) is 12.1. The lowest BCUT2D eigenvalue weighted by molar-refractivity contribution is 0.0954. The molecule has 0 amide bonds. The SMILES string of the molecule is CCCCOc1cc(N(CCCC)CCCC)ccc1/C=C/c1ccc(/C=C/C2=C(C#N)C(=C(C#N)C#N)OC2(C)C)s1. The van der Waals surface area contributed by atoms with E-state index in [1.54, 1.807) is 11.3 Å². The summed E-state index contributed by atoms with van der Waals surface area (Å²) in [5.41, 5.74) is 2.09. The maximum absolute atomic E-state index is 9.78. The second kappa shape index (κ2) is 16.4. The molecule has 6 nitrogen and oxygen atoms in total. The molecule has 2 heterocycles. The quantitative estimate of drug-likeness (QED) is 0.151. The number of thiophene rings is 1. The van der Waals surface area contributed by atoms with Gasteiger partial charge in [-0.15, -0.1) is 11.3 Å². The highest BCUT2D eigenvalue weighted by Crippen LogP contribution is 2.40. The van der Waals surface area contributed by atoms with Gasteiger partial charge in [-0.3, -0.25) is 0 Å². The van der Waals surface area contributed by atoms with Crippen LogP contribution in [0.3, 0.4) is 0 Å². The summed E-state index contributed by atoms with van der Waals surface area (Å²) in [5, 5.41) is 28.4. The molecule has 0 N–H and O–H groups in total. The second-order valence-electron chi connectivity index (χ2n) is 11.0. The van der Waals surface area contributed by atoms with Crippen molar-refractivity contribution in [2.75, 3.05) is 24.6 Å². The minimum atomic E-state index is -0.834. The molecule has 0 saturated carbocycles. The average molecular weight is 595 g/mol. The van der Waals surface area contributed by atoms with Gasteiger partial charge in [0.25, 0.3) is 0 Å². The van der Waals surface area contributed by atoms with Crippen LogP contribution < -0.4 is 9.64 Å². The monoisotopic (exact) mass is 594 g/mol. The Morgan fingerprint density at radius 1 is 0.884 bits per heavy atom. The molecule has 1 aromatic carbocycles. The number of allylic oxidation sites excluding steroid dienone is 2. The van der Waals surface area contributed by atoms with Crippen LogP contribution in [0.25, 0.3) is 18.2 Å². The zero-order valence-electron chi connectivity index (χ0n) is 26.1. The van der Waals surface area contributed by atoms with Crippen LogP contribution in [-0.4, -0.2) is 25.3 Å². The predicted octanol–water partition coefficient (Wildman–Crippen LogP) is 9.45. The first kappa shape index (κ1) is 33.3. The summed E-state index contributed by atoms with van der Waals surface area (Å²) in [6.45, 7) is 13.1. The van der Waals surface area contributed by atoms with Gasteiger partial charge in [0.15, 0.2) is 11.3 Å². The average Bonchev–Trinajstić information content (AvgIpc) is 3.56. The minimum absolute atomic E-state index is 0.0498. The lowest BCUT2D eigenvalue weighted by atomic mass is 9.94. The van der Waals surface area contributed by atoms with E-state index in [0.717, 1.165) is 47.0 Å². The number of ether oxygens (including phenoxy) is 2. The molecule has 224 valence electrons. The smallest absolute Gasteiger partial charge is 0.172 e. The van der Waals surface area contributed by atoms with E-state index < -0.39 is 5.60 Å². The molecule has 0 radical (unpaired) electrons. The summed E-state index contributed by atoms with van der Waals surface area (Å²) in [6, 6.07) is 16.4. The Morgan fingerprint density at radius 2 is 1.51 bits per heavy atom. The Labute approximate surface area is 261 Å². The Balaban J connectivity index is 1.86. The van der Waals surface area contributed by atoms with Gasteiger partial charge in [-0.2, -0.15) is 15.8 Å². The molecular formula is C36H42N4O2S. The van der Waals surface area contributed by atoms with Crippen LogP contribution in [0.15, 0.2) is 58.9 Å². The molecule has 1 aromatic heterocycles. The van der Waals surface area contributed by atoms with Crippen molar-refractivity contribution in [1.29, 1.82) is 15.8 Å². The fourth-order valence-corrected chi connectivity index (χ4v) is 5.56. The van der Waals surface area contributed by atoms with E-state index in [1.165, 1.54) is 31.4 Å². The van der Waals surface area contributed by atoms with E-state index in [1.807, 2.05) is 44.2 Å². The normalized spacial score (nSPS) is 14.0. The number of rotatable bonds is 15. The van der Waals surface area contributed by atoms with E-state index in [0.29, 0.717) is 12.2 Å². The largest absolute Gasteiger partial charge is 0.493 e. The highest BCUT2D eigenvalue weighted by atomic mass is 32.1. The molecule has 1 aliphatic rings. The van der Waals surface area contributed by atoms with Crippen LogP contribution in [0.2, 0.25) is 0 Å². The number of hydrogen-bond acceptors (Lipinski definition) is 7. The van der Waals surface area contributed by atoms with E-state index in [2.05, 4.69) is 68.2 Å². The maximum Gasteiger partial charge on any atom is 0.172 e. The Bertz CT molecular complexity index is 1480. The third kappa shape index (κ3) is 8.87. The molecule has 0 saturated heterocycles. The summed E-state index contributed by atoms with van der Waals surface area (Å²) in [4.78, 5) is 4.58. The first-order chi connectivity index (χ1) is 20.8. The first-order valence-electron chi connectivity index (χ1n) is 15.2. The van der Waals surface area contributed by atoms with Crippen molar-refractivity contribution in [3.8, 4) is 24.0 Å². The molecule has 0 atom stereocenters. The van der Waals surface area contributed by atoms with Crippen molar-refractivity contribution in [3.63, 3.8) is 0 Å². The fraction of sp³-hybridized carbons (Fsp3) is 0.417. The number of anilines is 1. The van der Waals surface area contributed by atoms with Crippen LogP contribution in [0.1, 0.15) is 88.5 Å². The molecule has 3 rings (SSSR count). The standard InChI is InChI=1S/C36H42N4O2S/c1-6-9-20-40(21-10-7-2)29-14-12-27(34(23-29)41-22-11-8-3)13-15-30-16-17-31(43-30)18-19-33-32(26-39)35(28(24-37)25-38)42-36(33,4)5/h12-19,23H,6-11,20-22H2,1-5H3/b15-13+,19-18+. The lowest BCUT2D eigenvalue weighted by Gasteiger charge is -2.25. The van der Waals surface area contributed by atoms with Crippen LogP contribution >= 0.6 is 11.3 Å². The Kier molecular flexibility index (Phi) is 12.7. The molecule has 0 aliphatic carbocycles. The molecule has 0 spiro atoms. The number of hydrogen-bond donors (Lipinski definition) is 0. The molecule has 0 bridgehead atoms. The van der Waals surface area contributed by atoms with Gasteiger partial charge in [0.05, 0.1) is 6.61 Å². The fourth-order valence-electron chi connectivity index (χ4n) is 4.74. The zero-order chi connectivity index (χ0) is 31.2. The molecule has 2 aromatic rings. The molecule has 43 heavy (non-hydrogen) atoms. The van der Waals surface area contributed by atoms with Crippen molar-refractivity contribution in [2.45, 2.75) is 78.7 Å². The molecule has 0 unspecified atom stereocenters. The number of nitriles is 3. The lowest BCUT2D eigenvalue weighted by Crippen LogP contribution is -2.25. The highest BCUT2D eigenvalue weighted by Gasteiger charge is 2.38. The van der Waals surface area contributed by atoms with E-state index in [9.17, 15) is 15.8 Å². The van der Waals surface area contributed by atoms with Gasteiger partial charge < -0.3 is 14.4 Å². The first-order valence-corrected chi connectivity index (χ1v) is 16.0. The van der Waals surface area contributed by atoms with Crippen molar-refractivity contribution < 1.29 is 9.47 Å². The van der Waals surface area contributed by atoms with E-state index in [4.69, 9.17) is 9.47 Å². The van der Waals surface area contributed by atoms with Gasteiger partial charge in [-0.1, -0.05) is 46.1 Å². The highest BCUT2D eigenvalue weighted by molar-refractivity contribution is 7.13. The van der Waals surface area contributed by atoms with Crippen LogP contribution in [0, 0.1) is 34.0 Å². The molecular weight excluding hydrogens is 552 g/mol. The van der Waals surface area contributed by atoms with Gasteiger partial charge in [0.2, 0.25) is 0 Å². The zero-order valence-corrected chi connectivity index (χ0v) is 26.9. The maximum atomic E-state index is 9.78. The summed E-state index contributed by atoms with van der Waals surface area (Å²) >= 11 is 1.63. The number of nitrogens with zero attached hydrogens (tertiary/aromatic N) is 4. The van der Waals surface area contributed by atoms with Crippen molar-refractivity contribution in [3.05, 3.63) is 74.2 Å². The third-order valence-electron chi connectivity index (χ3n) is 7.23. The molecule has 0 fully saturated rings. The summed E-state index contributed by atoms with van der Waals surface area (Å²) in [6.07, 6.45) is 14.8. The van der Waals surface area contributed by atoms with Gasteiger partial charge >= 0.3 is 0 Å². The molecule has 7 heteroatoms. The number of benzene rings is 1. The van der Waals surface area contributed by atoms with Crippen LogP contribution in [0.5, 0.6) is 5.75 Å². The van der Waals surface area contributed by atoms with E-state index >= 15 is 0 Å². The van der Waals surface area contributed by atoms with Crippen molar-refractivity contribution in [1.82, 2.24) is 0 Å². The summed E-state index contributed by atoms with van der Waals surface area (Å²) < 4.78 is 12.1. The Hall–Kier alpha value is -4.25. The topological polar surface area (TPSA) is 93.1 Å². The van der Waals surface area contributed by atoms with Gasteiger partial charge in [-0.25, -0.2) is 0 Å². The summed E-state index contributed by atoms with van der Waals surface area (Å²) in [5.74, 6) is 0.961. The summed E-state index contributed by atoms with van der Waals surface area (Å²) in [7, 11) is 0. The van der Waals surface area contributed by atoms with Crippen LogP contribution in [-0.2, 0) is 4.74 Å². The van der Waals surface area contributed by atoms with Crippen molar-refractivity contribution in [2.24, 2.45) is 0 Å². The Morgan fingerprint density at radius 3 is 2.09 bits per heavy atom. The van der Waals surface area contributed by atoms with E-state index in [-0.39, 0.29) is 16.9 Å². The number of unbranched alkanes of at least 4 members (excludes halogenated alkanes) is 3. The minimum Gasteiger partial charge on any atom is -0.493 e. The molecule has 1 aliphatic heterocycles. The van der Waals surface area contributed by atoms with Gasteiger partial charge in [0, 0.05) is 45.7 Å².